The molecule has 1 N–H and O–H groups in total. The molecule has 3 nitrogen and oxygen atoms in total. The Morgan fingerprint density at radius 1 is 1.00 bits per heavy atom. The standard InChI is InChI=1S/C20H23NO2/c1-2-6-16(7-3-1)20(19-14-21-12-13-22-19)23-18-9-5-4-8-17(18)15-10-11-15/h1-9,15,19-21H,10-14H2. The van der Waals surface area contributed by atoms with Gasteiger partial charge in [0, 0.05) is 13.1 Å². The number of hydrogen-bond donors (Lipinski definition) is 1. The second-order valence-corrected chi connectivity index (χ2v) is 6.37. The smallest absolute Gasteiger partial charge is 0.151 e. The molecule has 1 aliphatic carbocycles. The van der Waals surface area contributed by atoms with Crippen molar-refractivity contribution in [1.82, 2.24) is 5.32 Å². The van der Waals surface area contributed by atoms with Crippen molar-refractivity contribution < 1.29 is 9.47 Å². The van der Waals surface area contributed by atoms with Crippen LogP contribution in [0.3, 0.4) is 0 Å². The molecule has 23 heavy (non-hydrogen) atoms. The van der Waals surface area contributed by atoms with E-state index >= 15 is 0 Å². The van der Waals surface area contributed by atoms with Gasteiger partial charge in [-0.25, -0.2) is 0 Å². The first-order chi connectivity index (χ1) is 11.4. The van der Waals surface area contributed by atoms with Gasteiger partial charge >= 0.3 is 0 Å². The van der Waals surface area contributed by atoms with E-state index in [1.54, 1.807) is 0 Å². The Kier molecular flexibility index (Phi) is 4.31. The molecule has 120 valence electrons. The third-order valence-corrected chi connectivity index (χ3v) is 4.61. The first-order valence-corrected chi connectivity index (χ1v) is 8.54. The third-order valence-electron chi connectivity index (χ3n) is 4.61. The monoisotopic (exact) mass is 309 g/mol. The summed E-state index contributed by atoms with van der Waals surface area (Å²) in [4.78, 5) is 0. The van der Waals surface area contributed by atoms with Crippen molar-refractivity contribution in [3.8, 4) is 5.75 Å². The fourth-order valence-electron chi connectivity index (χ4n) is 3.24. The first-order valence-electron chi connectivity index (χ1n) is 8.54. The molecule has 1 heterocycles. The predicted molar refractivity (Wildman–Crippen MR) is 90.8 cm³/mol. The van der Waals surface area contributed by atoms with Crippen LogP contribution in [0.4, 0.5) is 0 Å². The van der Waals surface area contributed by atoms with Gasteiger partial charge in [0.2, 0.25) is 0 Å². The molecular formula is C20H23NO2. The summed E-state index contributed by atoms with van der Waals surface area (Å²) in [6, 6.07) is 18.9. The van der Waals surface area contributed by atoms with Crippen molar-refractivity contribution in [2.45, 2.75) is 31.0 Å². The predicted octanol–water partition coefficient (Wildman–Crippen LogP) is 3.67. The fraction of sp³-hybridized carbons (Fsp3) is 0.400. The molecule has 3 heteroatoms. The molecule has 0 aromatic heterocycles. The highest BCUT2D eigenvalue weighted by atomic mass is 16.5. The molecule has 2 aliphatic rings. The van der Waals surface area contributed by atoms with Gasteiger partial charge in [-0.3, -0.25) is 0 Å². The summed E-state index contributed by atoms with van der Waals surface area (Å²) in [5, 5.41) is 3.42. The Morgan fingerprint density at radius 3 is 2.52 bits per heavy atom. The van der Waals surface area contributed by atoms with E-state index in [-0.39, 0.29) is 12.2 Å². The van der Waals surface area contributed by atoms with Gasteiger partial charge in [-0.15, -0.1) is 0 Å². The molecule has 1 saturated carbocycles. The summed E-state index contributed by atoms with van der Waals surface area (Å²) in [5.74, 6) is 1.69. The van der Waals surface area contributed by atoms with E-state index in [1.165, 1.54) is 24.0 Å². The van der Waals surface area contributed by atoms with Crippen LogP contribution in [0.25, 0.3) is 0 Å². The van der Waals surface area contributed by atoms with Gasteiger partial charge < -0.3 is 14.8 Å². The van der Waals surface area contributed by atoms with Crippen LogP contribution in [0, 0.1) is 0 Å². The van der Waals surface area contributed by atoms with Gasteiger partial charge in [-0.2, -0.15) is 0 Å². The third kappa shape index (κ3) is 3.41. The highest BCUT2D eigenvalue weighted by Crippen LogP contribution is 2.45. The molecule has 1 saturated heterocycles. The maximum absolute atomic E-state index is 6.51. The van der Waals surface area contributed by atoms with Crippen LogP contribution in [0.2, 0.25) is 0 Å². The molecule has 0 spiro atoms. The highest BCUT2D eigenvalue weighted by Gasteiger charge is 2.31. The van der Waals surface area contributed by atoms with E-state index in [0.717, 1.165) is 25.4 Å². The van der Waals surface area contributed by atoms with Crippen LogP contribution in [0.5, 0.6) is 5.75 Å². The Hall–Kier alpha value is -1.84. The zero-order chi connectivity index (χ0) is 15.5. The summed E-state index contributed by atoms with van der Waals surface area (Å²) in [7, 11) is 0. The summed E-state index contributed by atoms with van der Waals surface area (Å²) in [6.45, 7) is 2.48. The largest absolute Gasteiger partial charge is 0.483 e. The Labute approximate surface area is 137 Å². The van der Waals surface area contributed by atoms with Crippen molar-refractivity contribution in [3.05, 3.63) is 65.7 Å². The van der Waals surface area contributed by atoms with Crippen molar-refractivity contribution >= 4 is 0 Å². The van der Waals surface area contributed by atoms with Crippen molar-refractivity contribution in [2.24, 2.45) is 0 Å². The number of benzene rings is 2. The number of rotatable bonds is 5. The zero-order valence-corrected chi connectivity index (χ0v) is 13.3. The molecule has 1 aliphatic heterocycles. The van der Waals surface area contributed by atoms with Gasteiger partial charge in [-0.05, 0) is 36.0 Å². The average molecular weight is 309 g/mol. The number of para-hydroxylation sites is 1. The Balaban J connectivity index is 1.63. The molecule has 2 unspecified atom stereocenters. The SMILES string of the molecule is c1ccc(C(Oc2ccccc2C2CC2)C2CNCCO2)cc1. The van der Waals surface area contributed by atoms with Crippen LogP contribution in [0.1, 0.15) is 36.0 Å². The van der Waals surface area contributed by atoms with Crippen LogP contribution in [0.15, 0.2) is 54.6 Å². The van der Waals surface area contributed by atoms with E-state index in [2.05, 4.69) is 53.8 Å². The zero-order valence-electron chi connectivity index (χ0n) is 13.3. The van der Waals surface area contributed by atoms with E-state index in [9.17, 15) is 0 Å². The molecule has 2 fully saturated rings. The van der Waals surface area contributed by atoms with Crippen molar-refractivity contribution in [2.75, 3.05) is 19.7 Å². The minimum absolute atomic E-state index is 0.0402. The maximum Gasteiger partial charge on any atom is 0.151 e. The van der Waals surface area contributed by atoms with Crippen LogP contribution in [-0.4, -0.2) is 25.8 Å². The van der Waals surface area contributed by atoms with Crippen LogP contribution in [-0.2, 0) is 4.74 Å². The summed E-state index contributed by atoms with van der Waals surface area (Å²) >= 11 is 0. The molecular weight excluding hydrogens is 286 g/mol. The molecule has 2 atom stereocenters. The molecule has 4 rings (SSSR count). The number of hydrogen-bond acceptors (Lipinski definition) is 3. The van der Waals surface area contributed by atoms with Crippen LogP contribution >= 0.6 is 0 Å². The lowest BCUT2D eigenvalue weighted by Crippen LogP contribution is -2.43. The number of nitrogens with one attached hydrogen (secondary N) is 1. The van der Waals surface area contributed by atoms with E-state index in [0.29, 0.717) is 5.92 Å². The molecule has 0 radical (unpaired) electrons. The minimum Gasteiger partial charge on any atom is -0.483 e. The van der Waals surface area contributed by atoms with Gasteiger partial charge in [0.1, 0.15) is 11.9 Å². The minimum atomic E-state index is -0.0797. The lowest BCUT2D eigenvalue weighted by atomic mass is 10.0. The normalized spacial score (nSPS) is 22.5. The number of morpholine rings is 1. The average Bonchev–Trinajstić information content (AvgIpc) is 3.46. The Bertz CT molecular complexity index is 633. The first kappa shape index (κ1) is 14.7. The van der Waals surface area contributed by atoms with Crippen molar-refractivity contribution in [3.63, 3.8) is 0 Å². The summed E-state index contributed by atoms with van der Waals surface area (Å²) in [5.41, 5.74) is 2.52. The summed E-state index contributed by atoms with van der Waals surface area (Å²) < 4.78 is 12.5. The van der Waals surface area contributed by atoms with E-state index in [1.807, 2.05) is 6.07 Å². The Morgan fingerprint density at radius 2 is 1.78 bits per heavy atom. The topological polar surface area (TPSA) is 30.5 Å². The quantitative estimate of drug-likeness (QED) is 0.914. The summed E-state index contributed by atoms with van der Waals surface area (Å²) in [6.07, 6.45) is 2.51. The lowest BCUT2D eigenvalue weighted by Gasteiger charge is -2.32. The number of ether oxygens (including phenoxy) is 2. The van der Waals surface area contributed by atoms with E-state index in [4.69, 9.17) is 9.47 Å². The molecule has 0 bridgehead atoms. The van der Waals surface area contributed by atoms with Crippen LogP contribution < -0.4 is 10.1 Å². The van der Waals surface area contributed by atoms with Gasteiger partial charge in [0.25, 0.3) is 0 Å². The van der Waals surface area contributed by atoms with Gasteiger partial charge in [-0.1, -0.05) is 48.5 Å². The second-order valence-electron chi connectivity index (χ2n) is 6.37. The molecule has 2 aromatic carbocycles. The van der Waals surface area contributed by atoms with Gasteiger partial charge in [0.05, 0.1) is 6.61 Å². The van der Waals surface area contributed by atoms with E-state index < -0.39 is 0 Å². The molecule has 2 aromatic rings. The highest BCUT2D eigenvalue weighted by molar-refractivity contribution is 5.39. The fourth-order valence-corrected chi connectivity index (χ4v) is 3.24. The molecule has 0 amide bonds. The lowest BCUT2D eigenvalue weighted by molar-refractivity contribution is -0.0435. The second kappa shape index (κ2) is 6.73. The van der Waals surface area contributed by atoms with Gasteiger partial charge in [0.15, 0.2) is 6.10 Å². The van der Waals surface area contributed by atoms with Crippen molar-refractivity contribution in [1.29, 1.82) is 0 Å². The maximum atomic E-state index is 6.51.